The van der Waals surface area contributed by atoms with Crippen LogP contribution in [0.3, 0.4) is 0 Å². The normalized spacial score (nSPS) is 16.8. The van der Waals surface area contributed by atoms with Gasteiger partial charge >= 0.3 is 0 Å². The highest BCUT2D eigenvalue weighted by molar-refractivity contribution is 9.10. The minimum atomic E-state index is -0.0963. The number of nitrogens with one attached hydrogen (secondary N) is 1. The number of hydrogen-bond acceptors (Lipinski definition) is 3. The molecule has 1 aliphatic rings. The first-order valence-corrected chi connectivity index (χ1v) is 11.0. The molecule has 29 heavy (non-hydrogen) atoms. The average molecular weight is 455 g/mol. The number of nitrogens with zero attached hydrogens (tertiary/aromatic N) is 3. The maximum atomic E-state index is 13.0. The third-order valence-corrected chi connectivity index (χ3v) is 6.60. The van der Waals surface area contributed by atoms with E-state index in [4.69, 9.17) is 0 Å². The number of carbonyl (C=O) groups excluding carboxylic acids is 1. The number of fused-ring (bicyclic) bond motifs is 1. The van der Waals surface area contributed by atoms with Gasteiger partial charge in [0.05, 0.1) is 6.04 Å². The fourth-order valence-corrected chi connectivity index (χ4v) is 4.59. The summed E-state index contributed by atoms with van der Waals surface area (Å²) in [4.78, 5) is 24.8. The Morgan fingerprint density at radius 1 is 1.28 bits per heavy atom. The van der Waals surface area contributed by atoms with Crippen LogP contribution >= 0.6 is 15.9 Å². The number of carbonyl (C=O) groups is 1. The summed E-state index contributed by atoms with van der Waals surface area (Å²) in [5.74, 6) is 0.703. The molecule has 3 aromatic rings. The average Bonchev–Trinajstić information content (AvgIpc) is 3.18. The van der Waals surface area contributed by atoms with Crippen molar-refractivity contribution in [3.63, 3.8) is 0 Å². The van der Waals surface area contributed by atoms with Crippen LogP contribution in [0.2, 0.25) is 0 Å². The molecule has 1 aliphatic heterocycles. The number of H-pyrrole nitrogens is 1. The van der Waals surface area contributed by atoms with Gasteiger partial charge in [0, 0.05) is 35.8 Å². The zero-order valence-corrected chi connectivity index (χ0v) is 18.5. The van der Waals surface area contributed by atoms with Gasteiger partial charge in [0.15, 0.2) is 0 Å². The Kier molecular flexibility index (Phi) is 6.01. The molecule has 0 saturated carbocycles. The van der Waals surface area contributed by atoms with Crippen molar-refractivity contribution in [3.05, 3.63) is 64.4 Å². The van der Waals surface area contributed by atoms with Gasteiger partial charge in [0.25, 0.3) is 0 Å². The number of benzene rings is 1. The molecule has 0 spiro atoms. The summed E-state index contributed by atoms with van der Waals surface area (Å²) in [5.41, 5.74) is 3.46. The molecule has 1 fully saturated rings. The second-order valence-electron chi connectivity index (χ2n) is 7.95. The number of pyridine rings is 1. The Hall–Kier alpha value is -2.18. The summed E-state index contributed by atoms with van der Waals surface area (Å²) >= 11 is 3.46. The quantitative estimate of drug-likeness (QED) is 0.614. The van der Waals surface area contributed by atoms with Gasteiger partial charge in [-0.1, -0.05) is 28.1 Å². The smallest absolute Gasteiger partial charge is 0.239 e. The highest BCUT2D eigenvalue weighted by Gasteiger charge is 2.29. The van der Waals surface area contributed by atoms with Crippen molar-refractivity contribution in [2.24, 2.45) is 0 Å². The monoisotopic (exact) mass is 454 g/mol. The van der Waals surface area contributed by atoms with Crippen LogP contribution in [-0.4, -0.2) is 51.9 Å². The number of hydrogen-bond donors (Lipinski definition) is 1. The number of amides is 1. The lowest BCUT2D eigenvalue weighted by atomic mass is 9.89. The molecule has 0 bridgehead atoms. The topological polar surface area (TPSA) is 52.2 Å². The molecule has 1 saturated heterocycles. The second-order valence-corrected chi connectivity index (χ2v) is 8.87. The number of rotatable bonds is 5. The first-order valence-electron chi connectivity index (χ1n) is 10.2. The van der Waals surface area contributed by atoms with Crippen molar-refractivity contribution in [2.75, 3.05) is 20.1 Å². The molecule has 152 valence electrons. The zero-order chi connectivity index (χ0) is 20.4. The first kappa shape index (κ1) is 20.1. The minimum absolute atomic E-state index is 0.0963. The fraction of sp³-hybridized carbons (Fsp3) is 0.391. The van der Waals surface area contributed by atoms with Gasteiger partial charge in [0.1, 0.15) is 5.65 Å². The van der Waals surface area contributed by atoms with Gasteiger partial charge < -0.3 is 9.88 Å². The van der Waals surface area contributed by atoms with Gasteiger partial charge in [-0.3, -0.25) is 9.69 Å². The molecule has 4 rings (SSSR count). The van der Waals surface area contributed by atoms with E-state index in [1.165, 1.54) is 10.9 Å². The van der Waals surface area contributed by atoms with Crippen molar-refractivity contribution in [3.8, 4) is 0 Å². The molecule has 0 aliphatic carbocycles. The summed E-state index contributed by atoms with van der Waals surface area (Å²) in [6.07, 6.45) is 6.06. The number of piperidine rings is 1. The lowest BCUT2D eigenvalue weighted by Crippen LogP contribution is -2.48. The summed E-state index contributed by atoms with van der Waals surface area (Å²) in [7, 11) is 1.90. The van der Waals surface area contributed by atoms with Crippen LogP contribution in [-0.2, 0) is 11.3 Å². The van der Waals surface area contributed by atoms with E-state index in [-0.39, 0.29) is 11.9 Å². The lowest BCUT2D eigenvalue weighted by molar-refractivity contribution is -0.136. The Morgan fingerprint density at radius 2 is 2.00 bits per heavy atom. The third kappa shape index (κ3) is 4.38. The largest absolute Gasteiger partial charge is 0.346 e. The van der Waals surface area contributed by atoms with Gasteiger partial charge in [0.2, 0.25) is 5.91 Å². The highest BCUT2D eigenvalue weighted by atomic mass is 79.9. The molecule has 2 aromatic heterocycles. The Bertz CT molecular complexity index is 976. The number of likely N-dealkylation sites (N-methyl/N-ethyl adjacent to an activating group) is 1. The lowest BCUT2D eigenvalue weighted by Gasteiger charge is -2.36. The van der Waals surface area contributed by atoms with Crippen LogP contribution in [0.1, 0.15) is 36.8 Å². The number of likely N-dealkylation sites (tertiary alicyclic amines) is 1. The third-order valence-electron chi connectivity index (χ3n) is 6.07. The number of aromatic nitrogens is 2. The predicted octanol–water partition coefficient (Wildman–Crippen LogP) is 4.55. The van der Waals surface area contributed by atoms with Crippen LogP contribution in [0.15, 0.2) is 53.3 Å². The summed E-state index contributed by atoms with van der Waals surface area (Å²) in [5, 5.41) is 1.23. The first-order chi connectivity index (χ1) is 14.0. The van der Waals surface area contributed by atoms with Crippen LogP contribution in [0.4, 0.5) is 0 Å². The molecule has 0 radical (unpaired) electrons. The Morgan fingerprint density at radius 3 is 2.72 bits per heavy atom. The molecule has 1 unspecified atom stereocenters. The second kappa shape index (κ2) is 8.67. The van der Waals surface area contributed by atoms with Crippen molar-refractivity contribution < 1.29 is 4.79 Å². The molecule has 1 amide bonds. The van der Waals surface area contributed by atoms with Crippen molar-refractivity contribution in [1.29, 1.82) is 0 Å². The van der Waals surface area contributed by atoms with E-state index in [9.17, 15) is 4.79 Å². The maximum absolute atomic E-state index is 13.0. The van der Waals surface area contributed by atoms with Gasteiger partial charge in [-0.2, -0.15) is 0 Å². The maximum Gasteiger partial charge on any atom is 0.239 e. The fourth-order valence-electron chi connectivity index (χ4n) is 4.33. The van der Waals surface area contributed by atoms with E-state index in [0.29, 0.717) is 12.5 Å². The zero-order valence-electron chi connectivity index (χ0n) is 16.9. The van der Waals surface area contributed by atoms with Crippen molar-refractivity contribution >= 4 is 32.9 Å². The molecule has 3 heterocycles. The van der Waals surface area contributed by atoms with Crippen LogP contribution in [0.25, 0.3) is 11.0 Å². The molecule has 1 N–H and O–H groups in total. The van der Waals surface area contributed by atoms with E-state index in [2.05, 4.69) is 55.2 Å². The van der Waals surface area contributed by atoms with Gasteiger partial charge in [-0.05, 0) is 74.2 Å². The standard InChI is InChI=1S/C23H27BrN4O/c1-16(23(29)27(2)15-17-5-7-19(24)8-6-17)28-12-9-18(10-13-28)21-14-26-22-20(21)4-3-11-25-22/h3-8,11,14,16,18H,9-10,12-13,15H2,1-2H3,(H,25,26). The van der Waals surface area contributed by atoms with Crippen molar-refractivity contribution in [1.82, 2.24) is 19.8 Å². The van der Waals surface area contributed by atoms with E-state index < -0.39 is 0 Å². The van der Waals surface area contributed by atoms with E-state index in [1.54, 1.807) is 0 Å². The summed E-state index contributed by atoms with van der Waals surface area (Å²) < 4.78 is 1.05. The van der Waals surface area contributed by atoms with E-state index >= 15 is 0 Å². The molecular weight excluding hydrogens is 428 g/mol. The summed E-state index contributed by atoms with van der Waals surface area (Å²) in [6.45, 7) is 4.55. The molecule has 5 nitrogen and oxygen atoms in total. The van der Waals surface area contributed by atoms with Crippen molar-refractivity contribution in [2.45, 2.75) is 38.3 Å². The molecular formula is C23H27BrN4O. The van der Waals surface area contributed by atoms with Crippen LogP contribution < -0.4 is 0 Å². The predicted molar refractivity (Wildman–Crippen MR) is 120 cm³/mol. The Balaban J connectivity index is 1.35. The van der Waals surface area contributed by atoms with E-state index in [1.807, 2.05) is 43.3 Å². The molecule has 1 atom stereocenters. The van der Waals surface area contributed by atoms with E-state index in [0.717, 1.165) is 41.6 Å². The highest BCUT2D eigenvalue weighted by Crippen LogP contribution is 2.33. The Labute approximate surface area is 180 Å². The summed E-state index contributed by atoms with van der Waals surface area (Å²) in [6, 6.07) is 12.2. The van der Waals surface area contributed by atoms with Crippen LogP contribution in [0, 0.1) is 0 Å². The SMILES string of the molecule is CC(C(=O)N(C)Cc1ccc(Br)cc1)N1CCC(c2c[nH]c3ncccc23)CC1. The number of aromatic amines is 1. The van der Waals surface area contributed by atoms with Crippen LogP contribution in [0.5, 0.6) is 0 Å². The van der Waals surface area contributed by atoms with Gasteiger partial charge in [-0.25, -0.2) is 4.98 Å². The van der Waals surface area contributed by atoms with Gasteiger partial charge in [-0.15, -0.1) is 0 Å². The molecule has 6 heteroatoms. The molecule has 1 aromatic carbocycles. The minimum Gasteiger partial charge on any atom is -0.346 e. The number of halogens is 1.